The second-order valence-corrected chi connectivity index (χ2v) is 9.92. The van der Waals surface area contributed by atoms with Crippen molar-refractivity contribution in [1.29, 1.82) is 0 Å². The van der Waals surface area contributed by atoms with Gasteiger partial charge in [0.1, 0.15) is 16.4 Å². The minimum absolute atomic E-state index is 0.00495. The van der Waals surface area contributed by atoms with Crippen LogP contribution in [0.3, 0.4) is 0 Å². The van der Waals surface area contributed by atoms with E-state index in [0.29, 0.717) is 40.6 Å². The molecule has 0 spiro atoms. The van der Waals surface area contributed by atoms with E-state index in [2.05, 4.69) is 15.0 Å². The third-order valence-corrected chi connectivity index (χ3v) is 7.51. The van der Waals surface area contributed by atoms with Crippen molar-refractivity contribution < 1.29 is 12.8 Å². The predicted octanol–water partition coefficient (Wildman–Crippen LogP) is 1.91. The first-order valence-corrected chi connectivity index (χ1v) is 10.8. The Balaban J connectivity index is 1.53. The summed E-state index contributed by atoms with van der Waals surface area (Å²) in [5.41, 5.74) is 0.629. The molecule has 1 fully saturated rings. The molecule has 1 N–H and O–H groups in total. The Morgan fingerprint density at radius 1 is 1.36 bits per heavy atom. The zero-order valence-corrected chi connectivity index (χ0v) is 14.9. The normalized spacial score (nSPS) is 19.2. The van der Waals surface area contributed by atoms with Gasteiger partial charge in [-0.25, -0.2) is 18.4 Å². The molecule has 2 aliphatic rings. The summed E-state index contributed by atoms with van der Waals surface area (Å²) in [5.74, 6) is 2.48. The zero-order chi connectivity index (χ0) is 17.2. The highest BCUT2D eigenvalue weighted by atomic mass is 32.2. The van der Waals surface area contributed by atoms with Gasteiger partial charge < -0.3 is 9.40 Å². The Labute approximate surface area is 147 Å². The smallest absolute Gasteiger partial charge is 0.259 e. The highest BCUT2D eigenvalue weighted by Gasteiger charge is 2.29. The summed E-state index contributed by atoms with van der Waals surface area (Å²) < 4.78 is 29.4. The van der Waals surface area contributed by atoms with Gasteiger partial charge in [0.2, 0.25) is 0 Å². The van der Waals surface area contributed by atoms with Crippen LogP contribution in [-0.4, -0.2) is 29.1 Å². The summed E-state index contributed by atoms with van der Waals surface area (Å²) in [7, 11) is -3.07. The van der Waals surface area contributed by atoms with Crippen LogP contribution in [0.25, 0.3) is 10.2 Å². The number of sulfone groups is 1. The van der Waals surface area contributed by atoms with Crippen molar-refractivity contribution in [3.63, 3.8) is 0 Å². The molecule has 9 heteroatoms. The quantitative estimate of drug-likeness (QED) is 0.747. The molecule has 0 bridgehead atoms. The van der Waals surface area contributed by atoms with Crippen LogP contribution in [0.15, 0.2) is 15.4 Å². The van der Waals surface area contributed by atoms with Gasteiger partial charge in [0.25, 0.3) is 5.56 Å². The van der Waals surface area contributed by atoms with Crippen LogP contribution in [-0.2, 0) is 28.4 Å². The van der Waals surface area contributed by atoms with E-state index in [9.17, 15) is 13.2 Å². The van der Waals surface area contributed by atoms with E-state index in [-0.39, 0.29) is 17.1 Å². The highest BCUT2D eigenvalue weighted by Crippen LogP contribution is 2.39. The SMILES string of the molecule is O=c1[nH]c(Cc2cnc(C3CC3)o2)nc2sc3c(c12)CCS(=O)(=O)C3. The molecule has 0 radical (unpaired) electrons. The van der Waals surface area contributed by atoms with E-state index in [0.717, 1.165) is 29.2 Å². The molecule has 3 aromatic heterocycles. The van der Waals surface area contributed by atoms with Crippen LogP contribution in [0.4, 0.5) is 0 Å². The molecule has 4 heterocycles. The van der Waals surface area contributed by atoms with Crippen molar-refractivity contribution in [3.8, 4) is 0 Å². The molecule has 1 aliphatic heterocycles. The number of H-pyrrole nitrogens is 1. The molecule has 3 aromatic rings. The van der Waals surface area contributed by atoms with Gasteiger partial charge in [0, 0.05) is 10.8 Å². The van der Waals surface area contributed by atoms with Crippen LogP contribution < -0.4 is 5.56 Å². The number of aromatic amines is 1. The standard InChI is InChI=1S/C16H15N3O4S2/c20-14-13-10-3-4-25(21,22)7-11(10)24-16(13)19-12(18-14)5-9-6-17-15(23-9)8-1-2-8/h6,8H,1-5,7H2,(H,18,19,20). The maximum Gasteiger partial charge on any atom is 0.259 e. The van der Waals surface area contributed by atoms with Gasteiger partial charge in [-0.15, -0.1) is 11.3 Å². The number of nitrogens with one attached hydrogen (secondary N) is 1. The second-order valence-electron chi connectivity index (χ2n) is 6.65. The molecular formula is C16H15N3O4S2. The van der Waals surface area contributed by atoms with Crippen LogP contribution in [0.2, 0.25) is 0 Å². The average Bonchev–Trinajstić information content (AvgIpc) is 3.18. The lowest BCUT2D eigenvalue weighted by molar-refractivity contribution is 0.461. The highest BCUT2D eigenvalue weighted by molar-refractivity contribution is 7.90. The van der Waals surface area contributed by atoms with Gasteiger partial charge in [0.05, 0.1) is 29.5 Å². The maximum atomic E-state index is 12.5. The van der Waals surface area contributed by atoms with E-state index in [1.54, 1.807) is 6.20 Å². The minimum Gasteiger partial charge on any atom is -0.445 e. The monoisotopic (exact) mass is 377 g/mol. The summed E-state index contributed by atoms with van der Waals surface area (Å²) >= 11 is 1.30. The van der Waals surface area contributed by atoms with Gasteiger partial charge in [0.15, 0.2) is 15.7 Å². The van der Waals surface area contributed by atoms with Crippen molar-refractivity contribution in [2.45, 2.75) is 37.4 Å². The Morgan fingerprint density at radius 2 is 2.20 bits per heavy atom. The van der Waals surface area contributed by atoms with Gasteiger partial charge >= 0.3 is 0 Å². The fourth-order valence-electron chi connectivity index (χ4n) is 3.24. The van der Waals surface area contributed by atoms with E-state index >= 15 is 0 Å². The summed E-state index contributed by atoms with van der Waals surface area (Å²) in [6.07, 6.45) is 4.67. The first kappa shape index (κ1) is 15.3. The first-order valence-electron chi connectivity index (χ1n) is 8.17. The minimum atomic E-state index is -3.07. The van der Waals surface area contributed by atoms with Crippen molar-refractivity contribution in [2.75, 3.05) is 5.75 Å². The maximum absolute atomic E-state index is 12.5. The Hall–Kier alpha value is -2.00. The lowest BCUT2D eigenvalue weighted by Crippen LogP contribution is -2.19. The molecule has 7 nitrogen and oxygen atoms in total. The zero-order valence-electron chi connectivity index (χ0n) is 13.2. The number of nitrogens with zero attached hydrogens (tertiary/aromatic N) is 2. The third kappa shape index (κ3) is 2.71. The topological polar surface area (TPSA) is 106 Å². The van der Waals surface area contributed by atoms with Gasteiger partial charge in [-0.2, -0.15) is 0 Å². The number of hydrogen-bond donors (Lipinski definition) is 1. The van der Waals surface area contributed by atoms with Gasteiger partial charge in [-0.1, -0.05) is 0 Å². The summed E-state index contributed by atoms with van der Waals surface area (Å²) in [6, 6.07) is 0. The lowest BCUT2D eigenvalue weighted by atomic mass is 10.1. The number of aryl methyl sites for hydroxylation is 1. The number of hydrogen-bond acceptors (Lipinski definition) is 7. The van der Waals surface area contributed by atoms with Crippen molar-refractivity contribution >= 4 is 31.4 Å². The third-order valence-electron chi connectivity index (χ3n) is 4.65. The lowest BCUT2D eigenvalue weighted by Gasteiger charge is -2.11. The number of thiophene rings is 1. The molecule has 0 aromatic carbocycles. The number of aromatic nitrogens is 3. The molecule has 0 saturated heterocycles. The van der Waals surface area contributed by atoms with E-state index in [1.165, 1.54) is 11.3 Å². The molecule has 1 saturated carbocycles. The van der Waals surface area contributed by atoms with Crippen LogP contribution in [0, 0.1) is 0 Å². The number of fused-ring (bicyclic) bond motifs is 3. The fourth-order valence-corrected chi connectivity index (χ4v) is 6.28. The summed E-state index contributed by atoms with van der Waals surface area (Å²) in [4.78, 5) is 25.5. The first-order chi connectivity index (χ1) is 12.0. The second kappa shape index (κ2) is 5.25. The van der Waals surface area contributed by atoms with Crippen LogP contribution in [0.1, 0.15) is 46.7 Å². The van der Waals surface area contributed by atoms with Crippen LogP contribution in [0.5, 0.6) is 0 Å². The number of oxazole rings is 1. The Morgan fingerprint density at radius 3 is 3.00 bits per heavy atom. The Kier molecular flexibility index (Phi) is 3.21. The summed E-state index contributed by atoms with van der Waals surface area (Å²) in [5, 5.41) is 0.537. The fraction of sp³-hybridized carbons (Fsp3) is 0.438. The molecule has 0 amide bonds. The molecule has 25 heavy (non-hydrogen) atoms. The molecule has 5 rings (SSSR count). The average molecular weight is 377 g/mol. The molecular weight excluding hydrogens is 362 g/mol. The Bertz CT molecular complexity index is 1150. The number of rotatable bonds is 3. The van der Waals surface area contributed by atoms with E-state index < -0.39 is 9.84 Å². The van der Waals surface area contributed by atoms with Gasteiger partial charge in [-0.3, -0.25) is 4.79 Å². The summed E-state index contributed by atoms with van der Waals surface area (Å²) in [6.45, 7) is 0. The molecule has 1 aliphatic carbocycles. The molecule has 0 atom stereocenters. The van der Waals surface area contributed by atoms with Crippen LogP contribution >= 0.6 is 11.3 Å². The predicted molar refractivity (Wildman–Crippen MR) is 92.7 cm³/mol. The van der Waals surface area contributed by atoms with Crippen molar-refractivity contribution in [2.24, 2.45) is 0 Å². The largest absolute Gasteiger partial charge is 0.445 e. The van der Waals surface area contributed by atoms with E-state index in [4.69, 9.17) is 4.42 Å². The van der Waals surface area contributed by atoms with Gasteiger partial charge in [-0.05, 0) is 24.8 Å². The molecule has 0 unspecified atom stereocenters. The molecule has 130 valence electrons. The van der Waals surface area contributed by atoms with E-state index in [1.807, 2.05) is 0 Å². The van der Waals surface area contributed by atoms with Crippen molar-refractivity contribution in [1.82, 2.24) is 15.0 Å². The van der Waals surface area contributed by atoms with Crippen molar-refractivity contribution in [3.05, 3.63) is 44.5 Å².